The van der Waals surface area contributed by atoms with Gasteiger partial charge in [0.25, 0.3) is 0 Å². The molecule has 0 unspecified atom stereocenters. The van der Waals surface area contributed by atoms with Crippen molar-refractivity contribution in [3.63, 3.8) is 0 Å². The Labute approximate surface area is 158 Å². The van der Waals surface area contributed by atoms with Crippen LogP contribution in [-0.2, 0) is 9.53 Å². The van der Waals surface area contributed by atoms with Gasteiger partial charge in [-0.3, -0.25) is 4.79 Å². The van der Waals surface area contributed by atoms with Gasteiger partial charge >= 0.3 is 6.09 Å². The first-order chi connectivity index (χ1) is 11.6. The Morgan fingerprint density at radius 3 is 2.40 bits per heavy atom. The van der Waals surface area contributed by atoms with Gasteiger partial charge < -0.3 is 15.0 Å². The van der Waals surface area contributed by atoms with Crippen LogP contribution in [0.5, 0.6) is 0 Å². The standard InChI is InChI=1S/C19H27BrN2O3/c1-12-9-15(20)10-13(2)16(12)21-17(23)14-7-6-8-22(11-14)18(24)25-19(3,4)5/h9-10,14H,6-8,11H2,1-5H3,(H,21,23)/t14-/m1/s1. The molecule has 138 valence electrons. The van der Waals surface area contributed by atoms with Crippen LogP contribution in [0.25, 0.3) is 0 Å². The second kappa shape index (κ2) is 7.77. The summed E-state index contributed by atoms with van der Waals surface area (Å²) in [7, 11) is 0. The Hall–Kier alpha value is -1.56. The second-order valence-electron chi connectivity index (χ2n) is 7.67. The predicted octanol–water partition coefficient (Wildman–Crippen LogP) is 4.65. The van der Waals surface area contributed by atoms with Gasteiger partial charge in [-0.15, -0.1) is 0 Å². The van der Waals surface area contributed by atoms with Gasteiger partial charge in [0, 0.05) is 23.2 Å². The Balaban J connectivity index is 2.04. The minimum absolute atomic E-state index is 0.0400. The summed E-state index contributed by atoms with van der Waals surface area (Å²) in [6.07, 6.45) is 1.23. The van der Waals surface area contributed by atoms with E-state index in [-0.39, 0.29) is 17.9 Å². The third kappa shape index (κ3) is 5.46. The molecule has 1 aliphatic heterocycles. The van der Waals surface area contributed by atoms with Crippen LogP contribution in [-0.4, -0.2) is 35.6 Å². The van der Waals surface area contributed by atoms with Crippen LogP contribution in [0.15, 0.2) is 16.6 Å². The number of hydrogen-bond donors (Lipinski definition) is 1. The number of piperidine rings is 1. The van der Waals surface area contributed by atoms with E-state index in [0.717, 1.165) is 34.1 Å². The lowest BCUT2D eigenvalue weighted by Crippen LogP contribution is -2.45. The van der Waals surface area contributed by atoms with Crippen molar-refractivity contribution in [1.29, 1.82) is 0 Å². The monoisotopic (exact) mass is 410 g/mol. The van der Waals surface area contributed by atoms with E-state index in [1.54, 1.807) is 4.90 Å². The van der Waals surface area contributed by atoms with E-state index in [4.69, 9.17) is 4.74 Å². The number of rotatable bonds is 2. The third-order valence-electron chi connectivity index (χ3n) is 4.19. The molecule has 0 bridgehead atoms. The van der Waals surface area contributed by atoms with Gasteiger partial charge in [-0.1, -0.05) is 15.9 Å². The predicted molar refractivity (Wildman–Crippen MR) is 103 cm³/mol. The number of amides is 2. The topological polar surface area (TPSA) is 58.6 Å². The fourth-order valence-corrected chi connectivity index (χ4v) is 3.70. The summed E-state index contributed by atoms with van der Waals surface area (Å²) in [5.41, 5.74) is 2.35. The highest BCUT2D eigenvalue weighted by molar-refractivity contribution is 9.10. The van der Waals surface area contributed by atoms with Crippen molar-refractivity contribution in [2.75, 3.05) is 18.4 Å². The Morgan fingerprint density at radius 2 is 1.84 bits per heavy atom. The van der Waals surface area contributed by atoms with E-state index in [2.05, 4.69) is 21.2 Å². The maximum absolute atomic E-state index is 12.7. The van der Waals surface area contributed by atoms with Gasteiger partial charge in [-0.2, -0.15) is 0 Å². The zero-order valence-electron chi connectivity index (χ0n) is 15.6. The zero-order chi connectivity index (χ0) is 18.8. The lowest BCUT2D eigenvalue weighted by molar-refractivity contribution is -0.121. The molecule has 1 aliphatic rings. The lowest BCUT2D eigenvalue weighted by Gasteiger charge is -2.33. The van der Waals surface area contributed by atoms with Crippen molar-refractivity contribution in [3.05, 3.63) is 27.7 Å². The number of ether oxygens (including phenoxy) is 1. The lowest BCUT2D eigenvalue weighted by atomic mass is 9.97. The van der Waals surface area contributed by atoms with Crippen LogP contribution in [0, 0.1) is 19.8 Å². The van der Waals surface area contributed by atoms with Crippen molar-refractivity contribution in [1.82, 2.24) is 4.90 Å². The molecule has 2 amide bonds. The van der Waals surface area contributed by atoms with Crippen molar-refractivity contribution >= 4 is 33.6 Å². The number of hydrogen-bond acceptors (Lipinski definition) is 3. The molecule has 2 rings (SSSR count). The molecule has 1 aromatic carbocycles. The number of carbonyl (C=O) groups is 2. The van der Waals surface area contributed by atoms with Crippen molar-refractivity contribution < 1.29 is 14.3 Å². The van der Waals surface area contributed by atoms with Crippen molar-refractivity contribution in [2.24, 2.45) is 5.92 Å². The third-order valence-corrected chi connectivity index (χ3v) is 4.65. The summed E-state index contributed by atoms with van der Waals surface area (Å²) in [6.45, 7) is 10.5. The Bertz CT molecular complexity index is 644. The molecule has 1 saturated heterocycles. The van der Waals surface area contributed by atoms with Crippen molar-refractivity contribution in [3.8, 4) is 0 Å². The fourth-order valence-electron chi connectivity index (χ4n) is 3.02. The zero-order valence-corrected chi connectivity index (χ0v) is 17.2. The molecule has 1 N–H and O–H groups in total. The molecule has 0 saturated carbocycles. The van der Waals surface area contributed by atoms with Crippen LogP contribution >= 0.6 is 15.9 Å². The van der Waals surface area contributed by atoms with Crippen LogP contribution in [0.4, 0.5) is 10.5 Å². The molecule has 0 aliphatic carbocycles. The minimum Gasteiger partial charge on any atom is -0.444 e. The molecule has 1 atom stereocenters. The quantitative estimate of drug-likeness (QED) is 0.771. The summed E-state index contributed by atoms with van der Waals surface area (Å²) >= 11 is 3.47. The first-order valence-electron chi connectivity index (χ1n) is 8.62. The number of nitrogens with one attached hydrogen (secondary N) is 1. The van der Waals surface area contributed by atoms with E-state index in [0.29, 0.717) is 13.1 Å². The Morgan fingerprint density at radius 1 is 1.24 bits per heavy atom. The highest BCUT2D eigenvalue weighted by Gasteiger charge is 2.31. The van der Waals surface area contributed by atoms with Gasteiger partial charge in [-0.25, -0.2) is 4.79 Å². The van der Waals surface area contributed by atoms with E-state index in [1.165, 1.54) is 0 Å². The molecule has 1 heterocycles. The van der Waals surface area contributed by atoms with Crippen molar-refractivity contribution in [2.45, 2.75) is 53.1 Å². The highest BCUT2D eigenvalue weighted by Crippen LogP contribution is 2.27. The summed E-state index contributed by atoms with van der Waals surface area (Å²) in [5, 5.41) is 3.04. The van der Waals surface area contributed by atoms with E-state index in [1.807, 2.05) is 46.8 Å². The second-order valence-corrected chi connectivity index (χ2v) is 8.59. The maximum atomic E-state index is 12.7. The summed E-state index contributed by atoms with van der Waals surface area (Å²) in [6, 6.07) is 3.97. The molecule has 0 aromatic heterocycles. The largest absolute Gasteiger partial charge is 0.444 e. The van der Waals surface area contributed by atoms with Crippen LogP contribution in [0.3, 0.4) is 0 Å². The molecular weight excluding hydrogens is 384 g/mol. The molecule has 1 fully saturated rings. The minimum atomic E-state index is -0.530. The van der Waals surface area contributed by atoms with Crippen LogP contribution < -0.4 is 5.32 Å². The van der Waals surface area contributed by atoms with Gasteiger partial charge in [0.05, 0.1) is 5.92 Å². The van der Waals surface area contributed by atoms with Gasteiger partial charge in [-0.05, 0) is 70.7 Å². The number of likely N-dealkylation sites (tertiary alicyclic amines) is 1. The molecule has 5 nitrogen and oxygen atoms in total. The number of nitrogens with zero attached hydrogens (tertiary/aromatic N) is 1. The van der Waals surface area contributed by atoms with E-state index in [9.17, 15) is 9.59 Å². The molecule has 0 radical (unpaired) electrons. The highest BCUT2D eigenvalue weighted by atomic mass is 79.9. The van der Waals surface area contributed by atoms with Gasteiger partial charge in [0.2, 0.25) is 5.91 Å². The summed E-state index contributed by atoms with van der Waals surface area (Å²) in [4.78, 5) is 26.6. The smallest absolute Gasteiger partial charge is 0.410 e. The molecule has 25 heavy (non-hydrogen) atoms. The number of carbonyl (C=O) groups excluding carboxylic acids is 2. The fraction of sp³-hybridized carbons (Fsp3) is 0.579. The van der Waals surface area contributed by atoms with E-state index < -0.39 is 5.60 Å². The molecule has 1 aromatic rings. The number of halogens is 1. The average molecular weight is 411 g/mol. The van der Waals surface area contributed by atoms with Crippen LogP contribution in [0.1, 0.15) is 44.7 Å². The molecular formula is C19H27BrN2O3. The summed E-state index contributed by atoms with van der Waals surface area (Å²) < 4.78 is 6.42. The number of aryl methyl sites for hydroxylation is 2. The Kier molecular flexibility index (Phi) is 6.14. The average Bonchev–Trinajstić information content (AvgIpc) is 2.49. The maximum Gasteiger partial charge on any atom is 0.410 e. The summed E-state index contributed by atoms with van der Waals surface area (Å²) in [5.74, 6) is -0.259. The number of anilines is 1. The van der Waals surface area contributed by atoms with Crippen LogP contribution in [0.2, 0.25) is 0 Å². The first kappa shape index (κ1) is 19.8. The first-order valence-corrected chi connectivity index (χ1v) is 9.41. The van der Waals surface area contributed by atoms with Gasteiger partial charge in [0.1, 0.15) is 5.60 Å². The van der Waals surface area contributed by atoms with E-state index >= 15 is 0 Å². The molecule has 0 spiro atoms. The normalized spacial score (nSPS) is 18.0. The SMILES string of the molecule is Cc1cc(Br)cc(C)c1NC(=O)[C@@H]1CCCN(C(=O)OC(C)(C)C)C1. The van der Waals surface area contributed by atoms with Gasteiger partial charge in [0.15, 0.2) is 0 Å². The number of benzene rings is 1. The molecule has 6 heteroatoms.